The zero-order valence-corrected chi connectivity index (χ0v) is 5.66. The lowest BCUT2D eigenvalue weighted by atomic mass is 9.96. The third-order valence-electron chi connectivity index (χ3n) is 2.04. The summed E-state index contributed by atoms with van der Waals surface area (Å²) in [6.45, 7) is 2.03. The lowest BCUT2D eigenvalue weighted by Gasteiger charge is -2.41. The molecule has 0 aromatic heterocycles. The van der Waals surface area contributed by atoms with Crippen LogP contribution in [0.15, 0.2) is 0 Å². The third kappa shape index (κ3) is 0.920. The molecule has 1 fully saturated rings. The second-order valence-corrected chi connectivity index (χ2v) is 2.60. The number of hydrogen-bond acceptors (Lipinski definition) is 2. The van der Waals surface area contributed by atoms with Gasteiger partial charge in [-0.3, -0.25) is 9.69 Å². The second-order valence-electron chi connectivity index (χ2n) is 2.60. The lowest BCUT2D eigenvalue weighted by molar-refractivity contribution is -0.149. The van der Waals surface area contributed by atoms with Crippen molar-refractivity contribution in [1.29, 1.82) is 0 Å². The minimum Gasteiger partial charge on any atom is -0.480 e. The molecule has 2 atom stereocenters. The van der Waals surface area contributed by atoms with Gasteiger partial charge in [0.2, 0.25) is 0 Å². The van der Waals surface area contributed by atoms with Crippen LogP contribution < -0.4 is 0 Å². The van der Waals surface area contributed by atoms with E-state index in [1.165, 1.54) is 0 Å². The predicted octanol–water partition coefficient (Wildman–Crippen LogP) is 0.164. The van der Waals surface area contributed by atoms with Crippen molar-refractivity contribution in [3.63, 3.8) is 0 Å². The van der Waals surface area contributed by atoms with Crippen LogP contribution >= 0.6 is 0 Å². The molecule has 1 heterocycles. The van der Waals surface area contributed by atoms with Gasteiger partial charge in [0.1, 0.15) is 6.04 Å². The van der Waals surface area contributed by atoms with Crippen LogP contribution in [0.25, 0.3) is 0 Å². The largest absolute Gasteiger partial charge is 0.480 e. The average Bonchev–Trinajstić information content (AvgIpc) is 1.81. The molecule has 1 N–H and O–H groups in total. The van der Waals surface area contributed by atoms with Gasteiger partial charge in [-0.1, -0.05) is 0 Å². The van der Waals surface area contributed by atoms with E-state index in [4.69, 9.17) is 5.11 Å². The molecule has 0 aromatic carbocycles. The van der Waals surface area contributed by atoms with Crippen molar-refractivity contribution in [3.8, 4) is 0 Å². The highest BCUT2D eigenvalue weighted by atomic mass is 16.4. The molecule has 0 aliphatic carbocycles. The molecular formula is C6H11NO2. The topological polar surface area (TPSA) is 40.5 Å². The number of carboxylic acids is 1. The Bertz CT molecular complexity index is 135. The number of hydrogen-bond donors (Lipinski definition) is 1. The van der Waals surface area contributed by atoms with Gasteiger partial charge in [0, 0.05) is 6.04 Å². The maximum atomic E-state index is 10.3. The second kappa shape index (κ2) is 1.99. The van der Waals surface area contributed by atoms with E-state index in [1.807, 2.05) is 18.9 Å². The summed E-state index contributed by atoms with van der Waals surface area (Å²) in [6, 6.07) is 0.228. The zero-order chi connectivity index (χ0) is 7.02. The smallest absolute Gasteiger partial charge is 0.320 e. The standard InChI is InChI=1S/C6H11NO2/c1-4-3-5(6(8)9)7(4)2/h4-5H,3H2,1-2H3,(H,8,9)/t4-,5-/m0/s1. The highest BCUT2D eigenvalue weighted by Crippen LogP contribution is 2.22. The predicted molar refractivity (Wildman–Crippen MR) is 33.3 cm³/mol. The first-order valence-electron chi connectivity index (χ1n) is 3.07. The molecule has 52 valence electrons. The molecule has 3 nitrogen and oxygen atoms in total. The molecule has 0 saturated carbocycles. The molecule has 1 aliphatic rings. The van der Waals surface area contributed by atoms with Crippen molar-refractivity contribution in [3.05, 3.63) is 0 Å². The Morgan fingerprint density at radius 3 is 2.44 bits per heavy atom. The summed E-state index contributed by atoms with van der Waals surface area (Å²) in [5.74, 6) is -0.699. The summed E-state index contributed by atoms with van der Waals surface area (Å²) in [4.78, 5) is 12.2. The van der Waals surface area contributed by atoms with Crippen LogP contribution in [-0.2, 0) is 4.79 Å². The molecule has 1 saturated heterocycles. The van der Waals surface area contributed by atoms with Crippen LogP contribution in [-0.4, -0.2) is 35.1 Å². The minimum atomic E-state index is -0.699. The fourth-order valence-corrected chi connectivity index (χ4v) is 1.10. The van der Waals surface area contributed by atoms with Crippen LogP contribution in [0.4, 0.5) is 0 Å². The minimum absolute atomic E-state index is 0.222. The fourth-order valence-electron chi connectivity index (χ4n) is 1.10. The maximum Gasteiger partial charge on any atom is 0.320 e. The highest BCUT2D eigenvalue weighted by Gasteiger charge is 2.36. The quantitative estimate of drug-likeness (QED) is 0.548. The van der Waals surface area contributed by atoms with Gasteiger partial charge in [-0.15, -0.1) is 0 Å². The van der Waals surface area contributed by atoms with Gasteiger partial charge >= 0.3 is 5.97 Å². The summed E-state index contributed by atoms with van der Waals surface area (Å²) < 4.78 is 0. The van der Waals surface area contributed by atoms with Crippen molar-refractivity contribution in [1.82, 2.24) is 4.90 Å². The summed E-state index contributed by atoms with van der Waals surface area (Å²) in [5, 5.41) is 8.48. The lowest BCUT2D eigenvalue weighted by Crippen LogP contribution is -2.55. The first-order chi connectivity index (χ1) is 4.13. The first-order valence-corrected chi connectivity index (χ1v) is 3.07. The summed E-state index contributed by atoms with van der Waals surface area (Å²) in [5.41, 5.74) is 0. The molecule has 0 unspecified atom stereocenters. The molecule has 0 radical (unpaired) electrons. The van der Waals surface area contributed by atoms with Crippen molar-refractivity contribution in [2.45, 2.75) is 25.4 Å². The van der Waals surface area contributed by atoms with E-state index in [0.717, 1.165) is 6.42 Å². The molecule has 9 heavy (non-hydrogen) atoms. The summed E-state index contributed by atoms with van der Waals surface area (Å²) in [7, 11) is 1.84. The number of rotatable bonds is 1. The molecule has 3 heteroatoms. The van der Waals surface area contributed by atoms with Gasteiger partial charge in [0.05, 0.1) is 0 Å². The highest BCUT2D eigenvalue weighted by molar-refractivity contribution is 5.74. The summed E-state index contributed by atoms with van der Waals surface area (Å²) in [6.07, 6.45) is 0.797. The number of likely N-dealkylation sites (tertiary alicyclic amines) is 1. The number of nitrogens with zero attached hydrogens (tertiary/aromatic N) is 1. The summed E-state index contributed by atoms with van der Waals surface area (Å²) >= 11 is 0. The Labute approximate surface area is 54.3 Å². The normalized spacial score (nSPS) is 35.8. The van der Waals surface area contributed by atoms with Crippen molar-refractivity contribution >= 4 is 5.97 Å². The average molecular weight is 129 g/mol. The number of likely N-dealkylation sites (N-methyl/N-ethyl adjacent to an activating group) is 1. The van der Waals surface area contributed by atoms with E-state index in [1.54, 1.807) is 0 Å². The Morgan fingerprint density at radius 2 is 2.33 bits per heavy atom. The third-order valence-corrected chi connectivity index (χ3v) is 2.04. The van der Waals surface area contributed by atoms with E-state index in [-0.39, 0.29) is 6.04 Å². The fraction of sp³-hybridized carbons (Fsp3) is 0.833. The van der Waals surface area contributed by atoms with E-state index >= 15 is 0 Å². The van der Waals surface area contributed by atoms with Crippen LogP contribution in [0.5, 0.6) is 0 Å². The van der Waals surface area contributed by atoms with Crippen LogP contribution in [0.1, 0.15) is 13.3 Å². The van der Waals surface area contributed by atoms with Crippen molar-refractivity contribution < 1.29 is 9.90 Å². The molecule has 0 aromatic rings. The van der Waals surface area contributed by atoms with Gasteiger partial charge in [-0.2, -0.15) is 0 Å². The molecule has 0 amide bonds. The number of aliphatic carboxylic acids is 1. The zero-order valence-electron chi connectivity index (χ0n) is 5.66. The van der Waals surface area contributed by atoms with E-state index in [9.17, 15) is 4.79 Å². The molecular weight excluding hydrogens is 118 g/mol. The number of carboxylic acid groups (broad SMARTS) is 1. The monoisotopic (exact) mass is 129 g/mol. The SMILES string of the molecule is C[C@H]1C[C@@H](C(=O)O)N1C. The Hall–Kier alpha value is -0.570. The maximum absolute atomic E-state index is 10.3. The van der Waals surface area contributed by atoms with Gasteiger partial charge in [-0.05, 0) is 20.4 Å². The van der Waals surface area contributed by atoms with Gasteiger partial charge in [0.15, 0.2) is 0 Å². The Balaban J connectivity index is 2.42. The van der Waals surface area contributed by atoms with E-state index < -0.39 is 5.97 Å². The molecule has 1 rings (SSSR count). The van der Waals surface area contributed by atoms with Gasteiger partial charge < -0.3 is 5.11 Å². The van der Waals surface area contributed by atoms with Crippen molar-refractivity contribution in [2.75, 3.05) is 7.05 Å². The van der Waals surface area contributed by atoms with Gasteiger partial charge in [0.25, 0.3) is 0 Å². The van der Waals surface area contributed by atoms with E-state index in [2.05, 4.69) is 0 Å². The Kier molecular flexibility index (Phi) is 1.45. The number of carbonyl (C=O) groups is 1. The van der Waals surface area contributed by atoms with Crippen LogP contribution in [0.3, 0.4) is 0 Å². The van der Waals surface area contributed by atoms with Crippen molar-refractivity contribution in [2.24, 2.45) is 0 Å². The Morgan fingerprint density at radius 1 is 1.78 bits per heavy atom. The van der Waals surface area contributed by atoms with Crippen LogP contribution in [0, 0.1) is 0 Å². The first kappa shape index (κ1) is 6.55. The molecule has 1 aliphatic heterocycles. The molecule has 0 bridgehead atoms. The van der Waals surface area contributed by atoms with Crippen LogP contribution in [0.2, 0.25) is 0 Å². The van der Waals surface area contributed by atoms with Gasteiger partial charge in [-0.25, -0.2) is 0 Å². The molecule has 0 spiro atoms. The van der Waals surface area contributed by atoms with E-state index in [0.29, 0.717) is 6.04 Å².